The molecule has 0 aliphatic rings. The van der Waals surface area contributed by atoms with Crippen molar-refractivity contribution in [3.8, 4) is 5.75 Å². The lowest BCUT2D eigenvalue weighted by atomic mass is 10.1. The molecule has 0 unspecified atom stereocenters. The van der Waals surface area contributed by atoms with Gasteiger partial charge >= 0.3 is 0 Å². The van der Waals surface area contributed by atoms with E-state index in [1.807, 2.05) is 26.0 Å². The minimum atomic E-state index is 0.242. The predicted molar refractivity (Wildman–Crippen MR) is 77.1 cm³/mol. The third-order valence-electron chi connectivity index (χ3n) is 2.94. The third kappa shape index (κ3) is 2.59. The molecule has 2 rings (SSSR count). The summed E-state index contributed by atoms with van der Waals surface area (Å²) in [5.74, 6) is 0.242. The van der Waals surface area contributed by atoms with Crippen LogP contribution in [-0.2, 0) is 0 Å². The van der Waals surface area contributed by atoms with Gasteiger partial charge in [0.2, 0.25) is 0 Å². The maximum Gasteiger partial charge on any atom is 0.120 e. The molecule has 0 aliphatic carbocycles. The zero-order valence-corrected chi connectivity index (χ0v) is 11.5. The highest BCUT2D eigenvalue weighted by atomic mass is 35.5. The van der Waals surface area contributed by atoms with Gasteiger partial charge in [-0.15, -0.1) is 0 Å². The van der Waals surface area contributed by atoms with E-state index in [0.29, 0.717) is 10.7 Å². The Balaban J connectivity index is 2.37. The predicted octanol–water partition coefficient (Wildman–Crippen LogP) is 4.71. The summed E-state index contributed by atoms with van der Waals surface area (Å²) in [6, 6.07) is 9.55. The molecule has 2 N–H and O–H groups in total. The maximum atomic E-state index is 9.72. The zero-order valence-electron chi connectivity index (χ0n) is 10.7. The fourth-order valence-corrected chi connectivity index (χ4v) is 2.12. The number of phenols is 1. The second-order valence-electron chi connectivity index (χ2n) is 4.56. The van der Waals surface area contributed by atoms with Crippen molar-refractivity contribution in [1.29, 1.82) is 0 Å². The maximum absolute atomic E-state index is 9.72. The van der Waals surface area contributed by atoms with E-state index < -0.39 is 0 Å². The second kappa shape index (κ2) is 4.91. The van der Waals surface area contributed by atoms with Crippen LogP contribution < -0.4 is 5.32 Å². The van der Waals surface area contributed by atoms with E-state index in [4.69, 9.17) is 11.6 Å². The van der Waals surface area contributed by atoms with Crippen LogP contribution in [0.2, 0.25) is 5.02 Å². The van der Waals surface area contributed by atoms with Crippen molar-refractivity contribution in [3.63, 3.8) is 0 Å². The van der Waals surface area contributed by atoms with Gasteiger partial charge in [0.25, 0.3) is 0 Å². The van der Waals surface area contributed by atoms with Gasteiger partial charge in [-0.3, -0.25) is 0 Å². The summed E-state index contributed by atoms with van der Waals surface area (Å²) >= 11 is 6.16. The number of hydrogen-bond donors (Lipinski definition) is 2. The molecule has 0 radical (unpaired) electrons. The quantitative estimate of drug-likeness (QED) is 0.820. The SMILES string of the molecule is Cc1ccc(Nc2cc(O)c(C)cc2Cl)c(C)c1. The van der Waals surface area contributed by atoms with E-state index in [2.05, 4.69) is 18.3 Å². The van der Waals surface area contributed by atoms with Gasteiger partial charge in [-0.2, -0.15) is 0 Å². The normalized spacial score (nSPS) is 10.4. The Labute approximate surface area is 112 Å². The van der Waals surface area contributed by atoms with Crippen LogP contribution >= 0.6 is 11.6 Å². The Morgan fingerprint density at radius 1 is 0.944 bits per heavy atom. The summed E-state index contributed by atoms with van der Waals surface area (Å²) in [4.78, 5) is 0. The van der Waals surface area contributed by atoms with Crippen molar-refractivity contribution in [3.05, 3.63) is 52.0 Å². The molecular weight excluding hydrogens is 246 g/mol. The number of phenolic OH excluding ortho intramolecular Hbond substituents is 1. The molecule has 0 saturated carbocycles. The van der Waals surface area contributed by atoms with Gasteiger partial charge in [0.05, 0.1) is 10.7 Å². The molecule has 0 spiro atoms. The number of aromatic hydroxyl groups is 1. The molecule has 94 valence electrons. The first kappa shape index (κ1) is 12.8. The minimum Gasteiger partial charge on any atom is -0.508 e. The number of aryl methyl sites for hydroxylation is 3. The molecule has 18 heavy (non-hydrogen) atoms. The Bertz CT molecular complexity index is 593. The molecule has 2 aromatic carbocycles. The Morgan fingerprint density at radius 3 is 2.33 bits per heavy atom. The smallest absolute Gasteiger partial charge is 0.120 e. The van der Waals surface area contributed by atoms with Gasteiger partial charge in [-0.25, -0.2) is 0 Å². The number of halogens is 1. The topological polar surface area (TPSA) is 32.3 Å². The molecule has 0 bridgehead atoms. The number of nitrogens with one attached hydrogen (secondary N) is 1. The van der Waals surface area contributed by atoms with Crippen molar-refractivity contribution in [2.45, 2.75) is 20.8 Å². The van der Waals surface area contributed by atoms with Crippen molar-refractivity contribution in [2.24, 2.45) is 0 Å². The monoisotopic (exact) mass is 261 g/mol. The number of rotatable bonds is 2. The summed E-state index contributed by atoms with van der Waals surface area (Å²) in [6.07, 6.45) is 0. The van der Waals surface area contributed by atoms with Crippen LogP contribution in [0, 0.1) is 20.8 Å². The Morgan fingerprint density at radius 2 is 1.67 bits per heavy atom. The van der Waals surface area contributed by atoms with E-state index >= 15 is 0 Å². The third-order valence-corrected chi connectivity index (χ3v) is 3.25. The molecule has 0 heterocycles. The van der Waals surface area contributed by atoms with Crippen LogP contribution in [0.25, 0.3) is 0 Å². The average molecular weight is 262 g/mol. The van der Waals surface area contributed by atoms with Crippen LogP contribution in [0.1, 0.15) is 16.7 Å². The van der Waals surface area contributed by atoms with Crippen LogP contribution in [-0.4, -0.2) is 5.11 Å². The largest absolute Gasteiger partial charge is 0.508 e. The number of benzene rings is 2. The van der Waals surface area contributed by atoms with E-state index in [-0.39, 0.29) is 5.75 Å². The van der Waals surface area contributed by atoms with Crippen molar-refractivity contribution < 1.29 is 5.11 Å². The fourth-order valence-electron chi connectivity index (χ4n) is 1.86. The van der Waals surface area contributed by atoms with Crippen molar-refractivity contribution in [1.82, 2.24) is 0 Å². The summed E-state index contributed by atoms with van der Waals surface area (Å²) < 4.78 is 0. The van der Waals surface area contributed by atoms with Crippen molar-refractivity contribution in [2.75, 3.05) is 5.32 Å². The molecule has 0 aliphatic heterocycles. The van der Waals surface area contributed by atoms with E-state index in [1.54, 1.807) is 12.1 Å². The first-order valence-corrected chi connectivity index (χ1v) is 6.18. The van der Waals surface area contributed by atoms with E-state index in [1.165, 1.54) is 5.56 Å². The second-order valence-corrected chi connectivity index (χ2v) is 4.97. The van der Waals surface area contributed by atoms with Crippen molar-refractivity contribution >= 4 is 23.0 Å². The Kier molecular flexibility index (Phi) is 3.48. The van der Waals surface area contributed by atoms with Crippen LogP contribution in [0.3, 0.4) is 0 Å². The molecule has 0 aromatic heterocycles. The Hall–Kier alpha value is -1.67. The molecule has 0 fully saturated rings. The van der Waals surface area contributed by atoms with Gasteiger partial charge in [0.15, 0.2) is 0 Å². The summed E-state index contributed by atoms with van der Waals surface area (Å²) in [7, 11) is 0. The minimum absolute atomic E-state index is 0.242. The number of anilines is 2. The standard InChI is InChI=1S/C15H16ClNO/c1-9-4-5-13(10(2)6-9)17-14-8-15(18)11(3)7-12(14)16/h4-8,17-18H,1-3H3. The lowest BCUT2D eigenvalue weighted by molar-refractivity contribution is 0.471. The molecule has 0 atom stereocenters. The summed E-state index contributed by atoms with van der Waals surface area (Å²) in [5.41, 5.74) is 4.84. The van der Waals surface area contributed by atoms with Crippen LogP contribution in [0.5, 0.6) is 5.75 Å². The van der Waals surface area contributed by atoms with Gasteiger partial charge in [-0.1, -0.05) is 29.3 Å². The molecule has 2 aromatic rings. The molecule has 0 amide bonds. The number of hydrogen-bond acceptors (Lipinski definition) is 2. The van der Waals surface area contributed by atoms with Gasteiger partial charge < -0.3 is 10.4 Å². The first-order chi connectivity index (χ1) is 8.47. The van der Waals surface area contributed by atoms with Crippen LogP contribution in [0.4, 0.5) is 11.4 Å². The lowest BCUT2D eigenvalue weighted by Gasteiger charge is -2.13. The summed E-state index contributed by atoms with van der Waals surface area (Å²) in [6.45, 7) is 5.92. The molecule has 2 nitrogen and oxygen atoms in total. The summed E-state index contributed by atoms with van der Waals surface area (Å²) in [5, 5.41) is 13.6. The highest BCUT2D eigenvalue weighted by molar-refractivity contribution is 6.33. The average Bonchev–Trinajstić information content (AvgIpc) is 2.29. The van der Waals surface area contributed by atoms with Gasteiger partial charge in [-0.05, 0) is 44.0 Å². The highest BCUT2D eigenvalue weighted by Crippen LogP contribution is 2.32. The lowest BCUT2D eigenvalue weighted by Crippen LogP contribution is -1.95. The molecule has 3 heteroatoms. The van der Waals surface area contributed by atoms with E-state index in [9.17, 15) is 5.11 Å². The highest BCUT2D eigenvalue weighted by Gasteiger charge is 2.06. The van der Waals surface area contributed by atoms with Gasteiger partial charge in [0.1, 0.15) is 5.75 Å². The fraction of sp³-hybridized carbons (Fsp3) is 0.200. The molecule has 0 saturated heterocycles. The first-order valence-electron chi connectivity index (χ1n) is 5.81. The zero-order chi connectivity index (χ0) is 13.3. The van der Waals surface area contributed by atoms with Gasteiger partial charge in [0, 0.05) is 11.8 Å². The van der Waals surface area contributed by atoms with Crippen LogP contribution in [0.15, 0.2) is 30.3 Å². The molecular formula is C15H16ClNO. The van der Waals surface area contributed by atoms with E-state index in [0.717, 1.165) is 16.8 Å².